The van der Waals surface area contributed by atoms with Crippen molar-refractivity contribution in [2.75, 3.05) is 24.6 Å². The van der Waals surface area contributed by atoms with Crippen LogP contribution in [0.1, 0.15) is 46.8 Å². The number of alkyl halides is 1. The van der Waals surface area contributed by atoms with Crippen molar-refractivity contribution in [3.63, 3.8) is 0 Å². The fourth-order valence-electron chi connectivity index (χ4n) is 6.01. The second-order valence-corrected chi connectivity index (χ2v) is 11.1. The van der Waals surface area contributed by atoms with Crippen LogP contribution in [0.3, 0.4) is 0 Å². The molecule has 2 fully saturated rings. The third-order valence-corrected chi connectivity index (χ3v) is 8.23. The predicted molar refractivity (Wildman–Crippen MR) is 155 cm³/mol. The normalized spacial score (nSPS) is 18.3. The Hall–Kier alpha value is -5.38. The van der Waals surface area contributed by atoms with Crippen molar-refractivity contribution in [2.24, 2.45) is 0 Å². The standard InChI is InChI=1S/C31H27FN8O4/c1-2-44-21-8-18(10-33)28(34-11-21)23-9-26(38-15-20(32)16-38)36-29-24(23)12-35-40(29)13-17-3-4-22-19(7-17)14-39(31(22)43)25-5-6-27(41)37-30(25)42/h3-4,7-9,11-12,20,25H,2,5-6,13-16H2,1H3,(H,37,41,42). The molecule has 3 aliphatic rings. The average molecular weight is 595 g/mol. The number of piperidine rings is 1. The molecule has 4 aromatic rings. The number of imide groups is 1. The molecule has 1 aromatic carbocycles. The summed E-state index contributed by atoms with van der Waals surface area (Å²) in [7, 11) is 0. The SMILES string of the molecule is CCOc1cnc(-c2cc(N3CC(F)C3)nc3c2cnn3Cc2ccc3c(c2)CN(C2CCC(=O)NC2=O)C3=O)c(C#N)c1. The number of hydrogen-bond donors (Lipinski definition) is 1. The molecule has 0 spiro atoms. The average Bonchev–Trinajstić information content (AvgIpc) is 3.55. The number of rotatable bonds is 7. The van der Waals surface area contributed by atoms with Gasteiger partial charge in [0.15, 0.2) is 5.65 Å². The molecule has 3 amide bonds. The van der Waals surface area contributed by atoms with Gasteiger partial charge in [-0.3, -0.25) is 24.7 Å². The van der Waals surface area contributed by atoms with Crippen LogP contribution in [0, 0.1) is 11.3 Å². The van der Waals surface area contributed by atoms with Gasteiger partial charge in [-0.15, -0.1) is 0 Å². The van der Waals surface area contributed by atoms with Gasteiger partial charge in [0, 0.05) is 35.5 Å². The van der Waals surface area contributed by atoms with Crippen molar-refractivity contribution >= 4 is 34.6 Å². The maximum absolute atomic E-state index is 13.8. The molecule has 7 rings (SSSR count). The number of nitrogens with one attached hydrogen (secondary N) is 1. The second kappa shape index (κ2) is 10.7. The van der Waals surface area contributed by atoms with E-state index in [1.165, 1.54) is 4.90 Å². The molecule has 6 heterocycles. The number of fused-ring (bicyclic) bond motifs is 2. The zero-order valence-corrected chi connectivity index (χ0v) is 23.8. The number of aromatic nitrogens is 4. The summed E-state index contributed by atoms with van der Waals surface area (Å²) in [6.45, 7) is 3.32. The number of ether oxygens (including phenoxy) is 1. The van der Waals surface area contributed by atoms with Gasteiger partial charge >= 0.3 is 0 Å². The molecule has 1 unspecified atom stereocenters. The third-order valence-electron chi connectivity index (χ3n) is 8.23. The predicted octanol–water partition coefficient (Wildman–Crippen LogP) is 2.73. The summed E-state index contributed by atoms with van der Waals surface area (Å²) in [6, 6.07) is 10.5. The van der Waals surface area contributed by atoms with E-state index in [1.807, 2.05) is 30.0 Å². The minimum absolute atomic E-state index is 0.191. The summed E-state index contributed by atoms with van der Waals surface area (Å²) in [5.74, 6) is 0.0277. The van der Waals surface area contributed by atoms with Gasteiger partial charge in [0.2, 0.25) is 11.8 Å². The summed E-state index contributed by atoms with van der Waals surface area (Å²) >= 11 is 0. The molecule has 0 radical (unpaired) electrons. The highest BCUT2D eigenvalue weighted by molar-refractivity contribution is 6.05. The molecule has 1 atom stereocenters. The fraction of sp³-hybridized carbons (Fsp3) is 0.323. The van der Waals surface area contributed by atoms with Crippen LogP contribution in [0.25, 0.3) is 22.3 Å². The molecular formula is C31H27FN8O4. The smallest absolute Gasteiger partial charge is 0.255 e. The van der Waals surface area contributed by atoms with E-state index in [2.05, 4.69) is 21.5 Å². The van der Waals surface area contributed by atoms with Crippen LogP contribution in [0.5, 0.6) is 5.75 Å². The number of benzene rings is 1. The highest BCUT2D eigenvalue weighted by Gasteiger charge is 2.39. The van der Waals surface area contributed by atoms with E-state index < -0.39 is 18.1 Å². The van der Waals surface area contributed by atoms with E-state index in [-0.39, 0.29) is 37.9 Å². The lowest BCUT2D eigenvalue weighted by Crippen LogP contribution is -2.52. The van der Waals surface area contributed by atoms with Crippen LogP contribution in [0.4, 0.5) is 10.2 Å². The van der Waals surface area contributed by atoms with Crippen LogP contribution < -0.4 is 15.0 Å². The first kappa shape index (κ1) is 27.5. The third kappa shape index (κ3) is 4.68. The molecule has 222 valence electrons. The molecule has 0 aliphatic carbocycles. The highest BCUT2D eigenvalue weighted by Crippen LogP contribution is 2.35. The number of hydrogen-bond acceptors (Lipinski definition) is 9. The quantitative estimate of drug-likeness (QED) is 0.319. The van der Waals surface area contributed by atoms with Gasteiger partial charge in [-0.2, -0.15) is 10.4 Å². The zero-order valence-electron chi connectivity index (χ0n) is 23.8. The lowest BCUT2D eigenvalue weighted by Gasteiger charge is -2.35. The Morgan fingerprint density at radius 1 is 1.14 bits per heavy atom. The first-order valence-electron chi connectivity index (χ1n) is 14.4. The van der Waals surface area contributed by atoms with Crippen molar-refractivity contribution in [3.05, 3.63) is 65.0 Å². The Morgan fingerprint density at radius 2 is 1.98 bits per heavy atom. The summed E-state index contributed by atoms with van der Waals surface area (Å²) < 4.78 is 21.1. The Bertz CT molecular complexity index is 1890. The lowest BCUT2D eigenvalue weighted by atomic mass is 10.0. The van der Waals surface area contributed by atoms with Gasteiger partial charge < -0.3 is 14.5 Å². The summed E-state index contributed by atoms with van der Waals surface area (Å²) in [5, 5.41) is 17.6. The van der Waals surface area contributed by atoms with Crippen LogP contribution >= 0.6 is 0 Å². The lowest BCUT2D eigenvalue weighted by molar-refractivity contribution is -0.136. The topological polar surface area (TPSA) is 146 Å². The van der Waals surface area contributed by atoms with Crippen molar-refractivity contribution in [3.8, 4) is 23.1 Å². The zero-order chi connectivity index (χ0) is 30.5. The molecular weight excluding hydrogens is 567 g/mol. The largest absolute Gasteiger partial charge is 0.492 e. The van der Waals surface area contributed by atoms with Gasteiger partial charge in [-0.25, -0.2) is 14.1 Å². The number of nitrogens with zero attached hydrogens (tertiary/aromatic N) is 7. The van der Waals surface area contributed by atoms with E-state index in [0.29, 0.717) is 64.6 Å². The van der Waals surface area contributed by atoms with E-state index in [1.54, 1.807) is 29.2 Å². The Kier molecular flexibility index (Phi) is 6.68. The molecule has 1 N–H and O–H groups in total. The minimum atomic E-state index is -0.937. The maximum Gasteiger partial charge on any atom is 0.255 e. The van der Waals surface area contributed by atoms with Gasteiger partial charge in [0.1, 0.15) is 29.9 Å². The maximum atomic E-state index is 13.8. The molecule has 3 aliphatic heterocycles. The van der Waals surface area contributed by atoms with Crippen LogP contribution in [-0.4, -0.2) is 74.3 Å². The number of carbonyl (C=O) groups excluding carboxylic acids is 3. The van der Waals surface area contributed by atoms with Gasteiger partial charge in [-0.05, 0) is 36.6 Å². The van der Waals surface area contributed by atoms with E-state index in [9.17, 15) is 24.0 Å². The molecule has 44 heavy (non-hydrogen) atoms. The van der Waals surface area contributed by atoms with E-state index >= 15 is 0 Å². The molecule has 13 heteroatoms. The summed E-state index contributed by atoms with van der Waals surface area (Å²) in [5.41, 5.74) is 4.15. The Labute approximate surface area is 251 Å². The van der Waals surface area contributed by atoms with E-state index in [0.717, 1.165) is 11.1 Å². The van der Waals surface area contributed by atoms with Crippen LogP contribution in [0.15, 0.2) is 42.7 Å². The van der Waals surface area contributed by atoms with Gasteiger partial charge in [-0.1, -0.05) is 12.1 Å². The number of nitriles is 1. The number of halogens is 1. The molecule has 12 nitrogen and oxygen atoms in total. The van der Waals surface area contributed by atoms with Crippen LogP contribution in [0.2, 0.25) is 0 Å². The number of anilines is 1. The minimum Gasteiger partial charge on any atom is -0.492 e. The van der Waals surface area contributed by atoms with Crippen molar-refractivity contribution in [1.82, 2.24) is 30.0 Å². The number of carbonyl (C=O) groups is 3. The Morgan fingerprint density at radius 3 is 2.73 bits per heavy atom. The first-order chi connectivity index (χ1) is 21.3. The number of pyridine rings is 2. The second-order valence-electron chi connectivity index (χ2n) is 11.1. The molecule has 0 saturated carbocycles. The highest BCUT2D eigenvalue weighted by atomic mass is 19.1. The fourth-order valence-corrected chi connectivity index (χ4v) is 6.01. The van der Waals surface area contributed by atoms with Crippen molar-refractivity contribution < 1.29 is 23.5 Å². The molecule has 0 bridgehead atoms. The van der Waals surface area contributed by atoms with Crippen molar-refractivity contribution in [1.29, 1.82) is 5.26 Å². The van der Waals surface area contributed by atoms with E-state index in [4.69, 9.17) is 9.72 Å². The molecule has 2 saturated heterocycles. The molecule has 3 aromatic heterocycles. The van der Waals surface area contributed by atoms with Crippen molar-refractivity contribution in [2.45, 2.75) is 45.1 Å². The van der Waals surface area contributed by atoms with Crippen LogP contribution in [-0.2, 0) is 22.7 Å². The number of amides is 3. The monoisotopic (exact) mass is 594 g/mol. The Balaban J connectivity index is 1.23. The van der Waals surface area contributed by atoms with Gasteiger partial charge in [0.05, 0.1) is 49.9 Å². The summed E-state index contributed by atoms with van der Waals surface area (Å²) in [4.78, 5) is 49.9. The van der Waals surface area contributed by atoms with Gasteiger partial charge in [0.25, 0.3) is 5.91 Å². The summed E-state index contributed by atoms with van der Waals surface area (Å²) in [6.07, 6.45) is 2.80. The first-order valence-corrected chi connectivity index (χ1v) is 14.4.